The number of halogens is 3. The van der Waals surface area contributed by atoms with Crippen LogP contribution in [0.15, 0.2) is 60.7 Å². The molecule has 0 fully saturated rings. The van der Waals surface area contributed by atoms with Gasteiger partial charge >= 0.3 is 6.68 Å². The lowest BCUT2D eigenvalue weighted by molar-refractivity contribution is 0.00819. The second-order valence-corrected chi connectivity index (χ2v) is 3.31. The quantitative estimate of drug-likeness (QED) is 0.735. The lowest BCUT2D eigenvalue weighted by Gasteiger charge is -1.99. The smallest absolute Gasteiger partial charge is 0.289 e. The Morgan fingerprint density at radius 3 is 1.28 bits per heavy atom. The number of alkyl halides is 3. The Morgan fingerprint density at radius 2 is 1.00 bits per heavy atom. The second-order valence-electron chi connectivity index (χ2n) is 3.31. The van der Waals surface area contributed by atoms with Crippen molar-refractivity contribution in [1.82, 2.24) is 0 Å². The number of ketones is 1. The molecule has 18 heavy (non-hydrogen) atoms. The number of hydrogen-bond donors (Lipinski definition) is 0. The van der Waals surface area contributed by atoms with E-state index in [0.29, 0.717) is 0 Å². The summed E-state index contributed by atoms with van der Waals surface area (Å²) in [6, 6.07) is 18.6. The van der Waals surface area contributed by atoms with Crippen molar-refractivity contribution in [2.75, 3.05) is 0 Å². The fraction of sp³-hybridized carbons (Fsp3) is 0.0714. The van der Waals surface area contributed by atoms with Gasteiger partial charge in [0.2, 0.25) is 0 Å². The number of benzene rings is 2. The van der Waals surface area contributed by atoms with Crippen LogP contribution in [-0.4, -0.2) is 12.5 Å². The van der Waals surface area contributed by atoms with Crippen molar-refractivity contribution in [2.45, 2.75) is 6.68 Å². The Balaban J connectivity index is 0.000000357. The highest BCUT2D eigenvalue weighted by molar-refractivity contribution is 6.08. The zero-order valence-electron chi connectivity index (χ0n) is 9.39. The molecule has 4 heteroatoms. The normalized spacial score (nSPS) is 9.56. The molecule has 2 aromatic rings. The molecule has 94 valence electrons. The third kappa shape index (κ3) is 4.82. The van der Waals surface area contributed by atoms with Gasteiger partial charge in [-0.25, -0.2) is 0 Å². The molecule has 0 N–H and O–H groups in total. The first-order chi connectivity index (χ1) is 8.61. The highest BCUT2D eigenvalue weighted by Gasteiger charge is 2.06. The molecule has 2 rings (SSSR count). The van der Waals surface area contributed by atoms with E-state index in [2.05, 4.69) is 0 Å². The Labute approximate surface area is 103 Å². The summed E-state index contributed by atoms with van der Waals surface area (Å²) in [6.45, 7) is -3.67. The van der Waals surface area contributed by atoms with Crippen molar-refractivity contribution in [3.05, 3.63) is 71.8 Å². The van der Waals surface area contributed by atoms with E-state index in [4.69, 9.17) is 0 Å². The Morgan fingerprint density at radius 1 is 0.722 bits per heavy atom. The van der Waals surface area contributed by atoms with Gasteiger partial charge in [-0.2, -0.15) is 13.2 Å². The molecule has 0 heterocycles. The average Bonchev–Trinajstić information content (AvgIpc) is 2.39. The molecule has 0 aliphatic rings. The van der Waals surface area contributed by atoms with Crippen molar-refractivity contribution in [2.24, 2.45) is 0 Å². The zero-order valence-corrected chi connectivity index (χ0v) is 9.39. The van der Waals surface area contributed by atoms with Crippen LogP contribution in [0.2, 0.25) is 0 Å². The monoisotopic (exact) mass is 252 g/mol. The third-order valence-corrected chi connectivity index (χ3v) is 2.07. The Bertz CT molecular complexity index is 425. The molecule has 0 aliphatic heterocycles. The predicted octanol–water partition coefficient (Wildman–Crippen LogP) is 4.10. The molecular weight excluding hydrogens is 241 g/mol. The second kappa shape index (κ2) is 7.27. The minimum absolute atomic E-state index is 0.0752. The van der Waals surface area contributed by atoms with E-state index in [0.717, 1.165) is 11.1 Å². The molecule has 0 bridgehead atoms. The van der Waals surface area contributed by atoms with Gasteiger partial charge in [0.1, 0.15) is 0 Å². The molecule has 0 spiro atoms. The number of carbonyl (C=O) groups is 1. The van der Waals surface area contributed by atoms with Crippen LogP contribution in [0, 0.1) is 0 Å². The molecule has 0 radical (unpaired) electrons. The van der Waals surface area contributed by atoms with Crippen molar-refractivity contribution in [3.8, 4) is 0 Å². The van der Waals surface area contributed by atoms with Crippen molar-refractivity contribution in [3.63, 3.8) is 0 Å². The highest BCUT2D eigenvalue weighted by atomic mass is 19.4. The molecule has 2 aromatic carbocycles. The molecule has 0 unspecified atom stereocenters. The largest absolute Gasteiger partial charge is 0.379 e. The number of carbonyl (C=O) groups excluding carboxylic acids is 1. The Hall–Kier alpha value is -2.10. The van der Waals surface area contributed by atoms with Crippen LogP contribution in [-0.2, 0) is 0 Å². The van der Waals surface area contributed by atoms with E-state index in [-0.39, 0.29) is 5.78 Å². The van der Waals surface area contributed by atoms with Gasteiger partial charge in [0.15, 0.2) is 5.78 Å². The molecule has 0 aromatic heterocycles. The lowest BCUT2D eigenvalue weighted by Crippen LogP contribution is -1.99. The first kappa shape index (κ1) is 14.0. The average molecular weight is 252 g/mol. The van der Waals surface area contributed by atoms with E-state index in [1.54, 1.807) is 0 Å². The first-order valence-electron chi connectivity index (χ1n) is 5.18. The fourth-order valence-electron chi connectivity index (χ4n) is 1.35. The number of hydrogen-bond acceptors (Lipinski definition) is 1. The zero-order chi connectivity index (χ0) is 13.4. The van der Waals surface area contributed by atoms with E-state index in [9.17, 15) is 18.0 Å². The van der Waals surface area contributed by atoms with E-state index >= 15 is 0 Å². The lowest BCUT2D eigenvalue weighted by atomic mass is 10.0. The van der Waals surface area contributed by atoms with Crippen LogP contribution >= 0.6 is 0 Å². The minimum atomic E-state index is -3.67. The van der Waals surface area contributed by atoms with Crippen molar-refractivity contribution >= 4 is 5.78 Å². The topological polar surface area (TPSA) is 17.1 Å². The van der Waals surface area contributed by atoms with Gasteiger partial charge in [0.25, 0.3) is 0 Å². The predicted molar refractivity (Wildman–Crippen MR) is 63.4 cm³/mol. The summed E-state index contributed by atoms with van der Waals surface area (Å²) >= 11 is 0. The van der Waals surface area contributed by atoms with Gasteiger partial charge in [-0.05, 0) is 0 Å². The van der Waals surface area contributed by atoms with Crippen LogP contribution in [0.5, 0.6) is 0 Å². The van der Waals surface area contributed by atoms with Gasteiger partial charge in [-0.1, -0.05) is 60.7 Å². The number of rotatable bonds is 2. The van der Waals surface area contributed by atoms with E-state index in [1.807, 2.05) is 60.7 Å². The van der Waals surface area contributed by atoms with Crippen LogP contribution in [0.25, 0.3) is 0 Å². The maximum atomic E-state index is 11.8. The molecule has 0 saturated carbocycles. The third-order valence-electron chi connectivity index (χ3n) is 2.07. The van der Waals surface area contributed by atoms with E-state index in [1.165, 1.54) is 0 Å². The van der Waals surface area contributed by atoms with Gasteiger partial charge in [-0.3, -0.25) is 4.79 Å². The maximum Gasteiger partial charge on any atom is 0.379 e. The standard InChI is InChI=1S/C13H10O.CHF3/c14-13(11-7-3-1-4-8-11)12-9-5-2-6-10-12;2-1(3)4/h1-10H;1H. The van der Waals surface area contributed by atoms with Crippen LogP contribution < -0.4 is 0 Å². The summed E-state index contributed by atoms with van der Waals surface area (Å²) in [7, 11) is 0. The SMILES string of the molecule is FC(F)F.O=C(c1ccccc1)c1ccccc1. The summed E-state index contributed by atoms with van der Waals surface area (Å²) in [4.78, 5) is 11.8. The minimum Gasteiger partial charge on any atom is -0.289 e. The van der Waals surface area contributed by atoms with Crippen molar-refractivity contribution in [1.29, 1.82) is 0 Å². The summed E-state index contributed by atoms with van der Waals surface area (Å²) in [5.41, 5.74) is 1.47. The molecule has 1 nitrogen and oxygen atoms in total. The van der Waals surface area contributed by atoms with Gasteiger partial charge in [-0.15, -0.1) is 0 Å². The maximum absolute atomic E-state index is 11.8. The summed E-state index contributed by atoms with van der Waals surface area (Å²) in [5.74, 6) is 0.0752. The van der Waals surface area contributed by atoms with E-state index < -0.39 is 6.68 Å². The van der Waals surface area contributed by atoms with Crippen LogP contribution in [0.1, 0.15) is 15.9 Å². The van der Waals surface area contributed by atoms with Gasteiger partial charge < -0.3 is 0 Å². The molecule has 0 aliphatic carbocycles. The molecule has 0 saturated heterocycles. The Kier molecular flexibility index (Phi) is 5.64. The molecule has 0 amide bonds. The molecule has 0 atom stereocenters. The van der Waals surface area contributed by atoms with Crippen LogP contribution in [0.4, 0.5) is 13.2 Å². The fourth-order valence-corrected chi connectivity index (χ4v) is 1.35. The van der Waals surface area contributed by atoms with Crippen molar-refractivity contribution < 1.29 is 18.0 Å². The first-order valence-corrected chi connectivity index (χ1v) is 5.18. The summed E-state index contributed by atoms with van der Waals surface area (Å²) in [6.07, 6.45) is 0. The van der Waals surface area contributed by atoms with Gasteiger partial charge in [0.05, 0.1) is 0 Å². The summed E-state index contributed by atoms with van der Waals surface area (Å²) in [5, 5.41) is 0. The molecular formula is C14H11F3O. The summed E-state index contributed by atoms with van der Waals surface area (Å²) < 4.78 is 29.0. The highest BCUT2D eigenvalue weighted by Crippen LogP contribution is 2.08. The van der Waals surface area contributed by atoms with Gasteiger partial charge in [0, 0.05) is 11.1 Å². The van der Waals surface area contributed by atoms with Crippen LogP contribution in [0.3, 0.4) is 0 Å².